The Morgan fingerprint density at radius 1 is 1.19 bits per heavy atom. The first-order valence-corrected chi connectivity index (χ1v) is 7.95. The van der Waals surface area contributed by atoms with Gasteiger partial charge in [-0.1, -0.05) is 54.8 Å². The van der Waals surface area contributed by atoms with Crippen LogP contribution < -0.4 is 0 Å². The molecular formula is C16H19ClN2O2. The van der Waals surface area contributed by atoms with Crippen molar-refractivity contribution in [1.82, 2.24) is 10.1 Å². The number of aromatic nitrogens is 2. The summed E-state index contributed by atoms with van der Waals surface area (Å²) >= 11 is 5.74. The van der Waals surface area contributed by atoms with Gasteiger partial charge in [0.05, 0.1) is 0 Å². The van der Waals surface area contributed by atoms with Crippen LogP contribution in [-0.2, 0) is 11.5 Å². The van der Waals surface area contributed by atoms with Gasteiger partial charge in [0, 0.05) is 0 Å². The second kappa shape index (κ2) is 6.16. The molecule has 21 heavy (non-hydrogen) atoms. The molecule has 1 atom stereocenters. The molecule has 1 aromatic heterocycles. The van der Waals surface area contributed by atoms with E-state index in [1.807, 2.05) is 30.3 Å². The van der Waals surface area contributed by atoms with Crippen molar-refractivity contribution in [2.24, 2.45) is 5.92 Å². The zero-order valence-electron chi connectivity index (χ0n) is 11.8. The summed E-state index contributed by atoms with van der Waals surface area (Å²) in [5.41, 5.74) is -0.381. The summed E-state index contributed by atoms with van der Waals surface area (Å²) in [7, 11) is 0. The SMILES string of the molecule is O[C@](c1ccccc1)(c1noc(CCl)n1)C1CCCCC1. The lowest BCUT2D eigenvalue weighted by atomic mass is 9.73. The van der Waals surface area contributed by atoms with E-state index in [0.717, 1.165) is 31.2 Å². The molecule has 0 radical (unpaired) electrons. The summed E-state index contributed by atoms with van der Waals surface area (Å²) in [4.78, 5) is 4.29. The molecule has 5 heteroatoms. The van der Waals surface area contributed by atoms with Gasteiger partial charge in [-0.25, -0.2) is 0 Å². The molecule has 1 aliphatic carbocycles. The maximum atomic E-state index is 11.5. The van der Waals surface area contributed by atoms with Crippen molar-refractivity contribution >= 4 is 11.6 Å². The molecule has 0 bridgehead atoms. The van der Waals surface area contributed by atoms with Crippen LogP contribution in [0.1, 0.15) is 49.4 Å². The van der Waals surface area contributed by atoms with Gasteiger partial charge in [-0.15, -0.1) is 11.6 Å². The largest absolute Gasteiger partial charge is 0.377 e. The van der Waals surface area contributed by atoms with Crippen molar-refractivity contribution in [3.63, 3.8) is 0 Å². The first kappa shape index (κ1) is 14.5. The Kier molecular flexibility index (Phi) is 4.27. The van der Waals surface area contributed by atoms with Crippen LogP contribution in [-0.4, -0.2) is 15.2 Å². The van der Waals surface area contributed by atoms with Crippen molar-refractivity contribution < 1.29 is 9.63 Å². The minimum absolute atomic E-state index is 0.106. The van der Waals surface area contributed by atoms with Gasteiger partial charge in [-0.05, 0) is 24.3 Å². The van der Waals surface area contributed by atoms with Gasteiger partial charge in [0.2, 0.25) is 11.7 Å². The van der Waals surface area contributed by atoms with E-state index in [9.17, 15) is 5.11 Å². The molecular weight excluding hydrogens is 288 g/mol. The van der Waals surface area contributed by atoms with E-state index in [1.54, 1.807) is 0 Å². The van der Waals surface area contributed by atoms with Crippen molar-refractivity contribution in [1.29, 1.82) is 0 Å². The van der Waals surface area contributed by atoms with E-state index < -0.39 is 5.60 Å². The lowest BCUT2D eigenvalue weighted by Crippen LogP contribution is -2.38. The van der Waals surface area contributed by atoms with E-state index in [0.29, 0.717) is 11.7 Å². The topological polar surface area (TPSA) is 59.2 Å². The number of benzene rings is 1. The lowest BCUT2D eigenvalue weighted by Gasteiger charge is -2.36. The molecule has 112 valence electrons. The summed E-state index contributed by atoms with van der Waals surface area (Å²) in [6, 6.07) is 9.62. The van der Waals surface area contributed by atoms with Gasteiger partial charge < -0.3 is 9.63 Å². The maximum Gasteiger partial charge on any atom is 0.241 e. The zero-order chi connectivity index (χ0) is 14.7. The molecule has 3 rings (SSSR count). The van der Waals surface area contributed by atoms with Gasteiger partial charge in [0.25, 0.3) is 0 Å². The number of rotatable bonds is 4. The Morgan fingerprint density at radius 3 is 2.52 bits per heavy atom. The average Bonchev–Trinajstić information content (AvgIpc) is 3.05. The minimum atomic E-state index is -1.20. The molecule has 1 heterocycles. The molecule has 0 saturated heterocycles. The fourth-order valence-electron chi connectivity index (χ4n) is 3.22. The Balaban J connectivity index is 2.05. The predicted octanol–water partition coefficient (Wildman–Crippen LogP) is 3.62. The predicted molar refractivity (Wildman–Crippen MR) is 79.9 cm³/mol. The highest BCUT2D eigenvalue weighted by molar-refractivity contribution is 6.16. The normalized spacial score (nSPS) is 19.3. The molecule has 0 spiro atoms. The fraction of sp³-hybridized carbons (Fsp3) is 0.500. The van der Waals surface area contributed by atoms with Crippen molar-refractivity contribution in [3.8, 4) is 0 Å². The molecule has 2 aromatic rings. The second-order valence-electron chi connectivity index (χ2n) is 5.61. The van der Waals surface area contributed by atoms with E-state index >= 15 is 0 Å². The minimum Gasteiger partial charge on any atom is -0.377 e. The highest BCUT2D eigenvalue weighted by Crippen LogP contribution is 2.42. The molecule has 0 aliphatic heterocycles. The third kappa shape index (κ3) is 2.70. The molecule has 1 N–H and O–H groups in total. The van der Waals surface area contributed by atoms with Crippen molar-refractivity contribution in [2.45, 2.75) is 43.6 Å². The molecule has 1 fully saturated rings. The fourth-order valence-corrected chi connectivity index (χ4v) is 3.33. The van der Waals surface area contributed by atoms with Gasteiger partial charge >= 0.3 is 0 Å². The van der Waals surface area contributed by atoms with E-state index in [-0.39, 0.29) is 11.8 Å². The summed E-state index contributed by atoms with van der Waals surface area (Å²) in [6.07, 6.45) is 5.41. The van der Waals surface area contributed by atoms with Crippen LogP contribution >= 0.6 is 11.6 Å². The van der Waals surface area contributed by atoms with Crippen LogP contribution in [0, 0.1) is 5.92 Å². The number of hydrogen-bond donors (Lipinski definition) is 1. The maximum absolute atomic E-state index is 11.5. The standard InChI is InChI=1S/C16H19ClN2O2/c17-11-14-18-15(19-21-14)16(20,12-7-3-1-4-8-12)13-9-5-2-6-10-13/h1,3-4,7-8,13,20H,2,5-6,9-11H2/t16-/m0/s1. The quantitative estimate of drug-likeness (QED) is 0.876. The summed E-state index contributed by atoms with van der Waals surface area (Å²) < 4.78 is 5.12. The molecule has 4 nitrogen and oxygen atoms in total. The Bertz CT molecular complexity index is 581. The van der Waals surface area contributed by atoms with Gasteiger partial charge in [0.1, 0.15) is 5.88 Å². The van der Waals surface area contributed by atoms with Crippen LogP contribution in [0.3, 0.4) is 0 Å². The zero-order valence-corrected chi connectivity index (χ0v) is 12.6. The molecule has 0 unspecified atom stereocenters. The lowest BCUT2D eigenvalue weighted by molar-refractivity contribution is -0.0101. The summed E-state index contributed by atoms with van der Waals surface area (Å²) in [5, 5.41) is 15.4. The van der Waals surface area contributed by atoms with Gasteiger partial charge in [-0.3, -0.25) is 0 Å². The van der Waals surface area contributed by atoms with Crippen LogP contribution in [0.2, 0.25) is 0 Å². The number of hydrogen-bond acceptors (Lipinski definition) is 4. The van der Waals surface area contributed by atoms with Crippen LogP contribution in [0.25, 0.3) is 0 Å². The second-order valence-corrected chi connectivity index (χ2v) is 5.88. The Morgan fingerprint density at radius 2 is 1.90 bits per heavy atom. The van der Waals surface area contributed by atoms with E-state index in [4.69, 9.17) is 16.1 Å². The molecule has 1 aromatic carbocycles. The number of aliphatic hydroxyl groups is 1. The smallest absolute Gasteiger partial charge is 0.241 e. The Hall–Kier alpha value is -1.39. The Labute approximate surface area is 129 Å². The van der Waals surface area contributed by atoms with Gasteiger partial charge in [-0.2, -0.15) is 4.98 Å². The summed E-state index contributed by atoms with van der Waals surface area (Å²) in [5.74, 6) is 0.935. The molecule has 1 aliphatic rings. The van der Waals surface area contributed by atoms with Crippen LogP contribution in [0.5, 0.6) is 0 Å². The van der Waals surface area contributed by atoms with Gasteiger partial charge in [0.15, 0.2) is 5.60 Å². The number of alkyl halides is 1. The van der Waals surface area contributed by atoms with Crippen molar-refractivity contribution in [3.05, 3.63) is 47.6 Å². The van der Waals surface area contributed by atoms with Crippen LogP contribution in [0.15, 0.2) is 34.9 Å². The third-order valence-corrected chi connectivity index (χ3v) is 4.56. The van der Waals surface area contributed by atoms with Crippen molar-refractivity contribution in [2.75, 3.05) is 0 Å². The monoisotopic (exact) mass is 306 g/mol. The average molecular weight is 307 g/mol. The molecule has 0 amide bonds. The number of halogens is 1. The van der Waals surface area contributed by atoms with E-state index in [2.05, 4.69) is 10.1 Å². The highest BCUT2D eigenvalue weighted by Gasteiger charge is 2.44. The number of nitrogens with zero attached hydrogens (tertiary/aromatic N) is 2. The third-order valence-electron chi connectivity index (χ3n) is 4.33. The molecule has 1 saturated carbocycles. The van der Waals surface area contributed by atoms with Crippen LogP contribution in [0.4, 0.5) is 0 Å². The van der Waals surface area contributed by atoms with E-state index in [1.165, 1.54) is 6.42 Å². The first-order valence-electron chi connectivity index (χ1n) is 7.42. The highest BCUT2D eigenvalue weighted by atomic mass is 35.5. The summed E-state index contributed by atoms with van der Waals surface area (Å²) in [6.45, 7) is 0. The first-order chi connectivity index (χ1) is 10.2.